The SMILES string of the molecule is CCN(CC)[C@H](C/[S@@](=N/S(=O)(=O)c1ccc(C)cc1)c1ccc(C)cc1)c1ccccc1. The molecular formula is C26H32N2O2S2. The lowest BCUT2D eigenvalue weighted by atomic mass is 10.1. The molecule has 0 amide bonds. The van der Waals surface area contributed by atoms with Crippen LogP contribution in [0.2, 0.25) is 0 Å². The van der Waals surface area contributed by atoms with Gasteiger partial charge >= 0.3 is 0 Å². The van der Waals surface area contributed by atoms with Gasteiger partial charge in [-0.2, -0.15) is 8.42 Å². The molecule has 3 aromatic rings. The fraction of sp³-hybridized carbons (Fsp3) is 0.308. The first-order chi connectivity index (χ1) is 15.3. The third-order valence-corrected chi connectivity index (χ3v) is 9.37. The largest absolute Gasteiger partial charge is 0.296 e. The maximum Gasteiger partial charge on any atom is 0.288 e. The molecule has 3 rings (SSSR count). The molecule has 0 heterocycles. The van der Waals surface area contributed by atoms with Crippen molar-refractivity contribution in [1.82, 2.24) is 4.90 Å². The van der Waals surface area contributed by atoms with Crippen molar-refractivity contribution in [2.24, 2.45) is 3.77 Å². The highest BCUT2D eigenvalue weighted by Crippen LogP contribution is 2.27. The third-order valence-electron chi connectivity index (χ3n) is 5.55. The van der Waals surface area contributed by atoms with Crippen LogP contribution in [0.3, 0.4) is 0 Å². The van der Waals surface area contributed by atoms with Crippen molar-refractivity contribution >= 4 is 20.7 Å². The smallest absolute Gasteiger partial charge is 0.288 e. The molecule has 2 atom stereocenters. The van der Waals surface area contributed by atoms with Crippen molar-refractivity contribution in [2.45, 2.75) is 43.5 Å². The topological polar surface area (TPSA) is 49.7 Å². The second-order valence-electron chi connectivity index (χ2n) is 7.85. The number of aryl methyl sites for hydroxylation is 2. The molecule has 4 nitrogen and oxygen atoms in total. The van der Waals surface area contributed by atoms with E-state index in [1.165, 1.54) is 5.56 Å². The van der Waals surface area contributed by atoms with Crippen molar-refractivity contribution in [3.63, 3.8) is 0 Å². The molecule has 3 aromatic carbocycles. The lowest BCUT2D eigenvalue weighted by Crippen LogP contribution is -2.32. The molecule has 0 saturated heterocycles. The summed E-state index contributed by atoms with van der Waals surface area (Å²) in [7, 11) is -4.61. The van der Waals surface area contributed by atoms with Gasteiger partial charge < -0.3 is 0 Å². The second-order valence-corrected chi connectivity index (χ2v) is 11.4. The summed E-state index contributed by atoms with van der Waals surface area (Å²) >= 11 is 0. The predicted octanol–water partition coefficient (Wildman–Crippen LogP) is 5.94. The Kier molecular flexibility index (Phi) is 8.40. The predicted molar refractivity (Wildman–Crippen MR) is 135 cm³/mol. The minimum Gasteiger partial charge on any atom is -0.296 e. The fourth-order valence-electron chi connectivity index (χ4n) is 3.64. The van der Waals surface area contributed by atoms with Gasteiger partial charge in [0.15, 0.2) is 0 Å². The van der Waals surface area contributed by atoms with Gasteiger partial charge in [0, 0.05) is 16.7 Å². The van der Waals surface area contributed by atoms with Gasteiger partial charge in [-0.25, -0.2) is 0 Å². The van der Waals surface area contributed by atoms with Crippen LogP contribution in [-0.4, -0.2) is 32.2 Å². The first kappa shape index (κ1) is 24.4. The Morgan fingerprint density at radius 3 is 1.88 bits per heavy atom. The van der Waals surface area contributed by atoms with Crippen molar-refractivity contribution in [3.8, 4) is 0 Å². The van der Waals surface area contributed by atoms with Gasteiger partial charge in [0.2, 0.25) is 0 Å². The number of hydrogen-bond donors (Lipinski definition) is 0. The second kappa shape index (κ2) is 11.0. The fourth-order valence-corrected chi connectivity index (χ4v) is 7.34. The summed E-state index contributed by atoms with van der Waals surface area (Å²) in [6.45, 7) is 10.0. The zero-order chi connectivity index (χ0) is 23.1. The zero-order valence-corrected chi connectivity index (χ0v) is 20.9. The summed E-state index contributed by atoms with van der Waals surface area (Å²) in [5.74, 6) is 0.611. The van der Waals surface area contributed by atoms with Gasteiger partial charge in [-0.05, 0) is 67.5 Å². The Labute approximate surface area is 195 Å². The summed E-state index contributed by atoms with van der Waals surface area (Å²) < 4.78 is 31.0. The van der Waals surface area contributed by atoms with E-state index in [1.807, 2.05) is 68.4 Å². The molecular weight excluding hydrogens is 436 g/mol. The molecule has 0 aliphatic heterocycles. The van der Waals surface area contributed by atoms with E-state index < -0.39 is 20.7 Å². The van der Waals surface area contributed by atoms with Crippen LogP contribution in [0.15, 0.2) is 92.4 Å². The normalized spacial score (nSPS) is 13.9. The van der Waals surface area contributed by atoms with E-state index in [1.54, 1.807) is 12.1 Å². The van der Waals surface area contributed by atoms with E-state index in [4.69, 9.17) is 0 Å². The van der Waals surface area contributed by atoms with Crippen molar-refractivity contribution in [3.05, 3.63) is 95.6 Å². The van der Waals surface area contributed by atoms with E-state index in [9.17, 15) is 8.42 Å². The molecule has 0 spiro atoms. The molecule has 170 valence electrons. The lowest BCUT2D eigenvalue weighted by molar-refractivity contribution is 0.238. The third kappa shape index (κ3) is 6.15. The number of sulfonamides is 1. The lowest BCUT2D eigenvalue weighted by Gasteiger charge is -2.31. The maximum absolute atomic E-state index is 13.2. The van der Waals surface area contributed by atoms with Gasteiger partial charge in [-0.3, -0.25) is 4.90 Å². The van der Waals surface area contributed by atoms with Gasteiger partial charge in [-0.1, -0.05) is 79.6 Å². The van der Waals surface area contributed by atoms with E-state index >= 15 is 0 Å². The zero-order valence-electron chi connectivity index (χ0n) is 19.2. The maximum atomic E-state index is 13.2. The first-order valence-electron chi connectivity index (χ1n) is 11.0. The molecule has 0 aromatic heterocycles. The van der Waals surface area contributed by atoms with Crippen LogP contribution in [-0.2, 0) is 20.7 Å². The van der Waals surface area contributed by atoms with Gasteiger partial charge in [0.05, 0.1) is 4.90 Å². The van der Waals surface area contributed by atoms with E-state index in [0.29, 0.717) is 5.75 Å². The number of rotatable bonds is 9. The number of benzene rings is 3. The molecule has 6 heteroatoms. The minimum atomic E-state index is -3.78. The van der Waals surface area contributed by atoms with Crippen LogP contribution in [0.5, 0.6) is 0 Å². The Morgan fingerprint density at radius 1 is 0.812 bits per heavy atom. The number of hydrogen-bond acceptors (Lipinski definition) is 3. The van der Waals surface area contributed by atoms with Crippen LogP contribution in [0.1, 0.15) is 36.6 Å². The summed E-state index contributed by atoms with van der Waals surface area (Å²) in [5, 5.41) is 0. The Morgan fingerprint density at radius 2 is 1.34 bits per heavy atom. The van der Waals surface area contributed by atoms with E-state index in [2.05, 4.69) is 34.6 Å². The Balaban J connectivity index is 2.10. The van der Waals surface area contributed by atoms with Gasteiger partial charge in [0.25, 0.3) is 10.0 Å². The Hall–Kier alpha value is -2.28. The Bertz CT molecular complexity index is 1140. The molecule has 0 unspecified atom stereocenters. The molecule has 0 radical (unpaired) electrons. The minimum absolute atomic E-state index is 0.0767. The summed E-state index contributed by atoms with van der Waals surface area (Å²) in [6, 6.07) is 25.4. The monoisotopic (exact) mass is 468 g/mol. The summed E-state index contributed by atoms with van der Waals surface area (Å²) in [6.07, 6.45) is 0. The molecule has 0 saturated carbocycles. The molecule has 0 aliphatic carbocycles. The highest BCUT2D eigenvalue weighted by atomic mass is 32.3. The standard InChI is InChI=1S/C26H32N2O2S2/c1-5-28(6-2)26(23-10-8-7-9-11-23)20-31(24-16-12-21(3)13-17-24)27-32(29,30)25-18-14-22(4)15-19-25/h7-19,26H,5-6,20H2,1-4H3/t26-,31-/m1/s1. The van der Waals surface area contributed by atoms with Crippen LogP contribution >= 0.6 is 0 Å². The highest BCUT2D eigenvalue weighted by molar-refractivity contribution is 8.00. The molecule has 0 aliphatic rings. The van der Waals surface area contributed by atoms with Crippen LogP contribution in [0.25, 0.3) is 0 Å². The highest BCUT2D eigenvalue weighted by Gasteiger charge is 2.23. The first-order valence-corrected chi connectivity index (χ1v) is 13.7. The van der Waals surface area contributed by atoms with E-state index in [0.717, 1.165) is 29.1 Å². The molecule has 0 N–H and O–H groups in total. The molecule has 0 fully saturated rings. The number of nitrogens with zero attached hydrogens (tertiary/aromatic N) is 2. The van der Waals surface area contributed by atoms with Crippen molar-refractivity contribution in [2.75, 3.05) is 18.8 Å². The summed E-state index contributed by atoms with van der Waals surface area (Å²) in [4.78, 5) is 3.56. The van der Waals surface area contributed by atoms with Crippen molar-refractivity contribution in [1.29, 1.82) is 0 Å². The average Bonchev–Trinajstić information content (AvgIpc) is 2.80. The van der Waals surface area contributed by atoms with Gasteiger partial charge in [-0.15, -0.1) is 3.77 Å². The van der Waals surface area contributed by atoms with Crippen LogP contribution in [0, 0.1) is 13.8 Å². The van der Waals surface area contributed by atoms with E-state index in [-0.39, 0.29) is 10.9 Å². The summed E-state index contributed by atoms with van der Waals surface area (Å²) in [5.41, 5.74) is 3.35. The average molecular weight is 469 g/mol. The van der Waals surface area contributed by atoms with Crippen LogP contribution < -0.4 is 0 Å². The van der Waals surface area contributed by atoms with Gasteiger partial charge in [0.1, 0.15) is 0 Å². The quantitative estimate of drug-likeness (QED) is 0.391. The van der Waals surface area contributed by atoms with Crippen LogP contribution in [0.4, 0.5) is 0 Å². The van der Waals surface area contributed by atoms with Crippen molar-refractivity contribution < 1.29 is 8.42 Å². The molecule has 32 heavy (non-hydrogen) atoms. The molecule has 0 bridgehead atoms.